The zero-order valence-corrected chi connectivity index (χ0v) is 76.9. The van der Waals surface area contributed by atoms with Crippen LogP contribution in [0.4, 0.5) is 0 Å². The Bertz CT molecular complexity index is 3570. The second-order valence-corrected chi connectivity index (χ2v) is 39.4. The molecule has 1 aromatic heterocycles. The summed E-state index contributed by atoms with van der Waals surface area (Å²) in [5.41, 5.74) is -5.54. The summed E-state index contributed by atoms with van der Waals surface area (Å²) in [4.78, 5) is 54.8. The maximum absolute atomic E-state index is 14.9. The minimum absolute atomic E-state index is 0.0298. The van der Waals surface area contributed by atoms with Gasteiger partial charge in [0.2, 0.25) is 0 Å². The number of nitrogens with one attached hydrogen (secondary N) is 1. The number of ether oxygens (including phenoxy) is 13. The van der Waals surface area contributed by atoms with Gasteiger partial charge in [0.1, 0.15) is 53.6 Å². The van der Waals surface area contributed by atoms with E-state index in [-0.39, 0.29) is 72.9 Å². The van der Waals surface area contributed by atoms with E-state index in [1.807, 2.05) is 124 Å². The second kappa shape index (κ2) is 40.2. The van der Waals surface area contributed by atoms with Crippen LogP contribution in [0.2, 0.25) is 0 Å². The van der Waals surface area contributed by atoms with Crippen molar-refractivity contribution in [1.29, 1.82) is 0 Å². The molecule has 32 atom stereocenters. The van der Waals surface area contributed by atoms with Crippen molar-refractivity contribution in [3.63, 3.8) is 0 Å². The van der Waals surface area contributed by atoms with E-state index in [2.05, 4.69) is 75.5 Å². The van der Waals surface area contributed by atoms with E-state index in [1.165, 1.54) is 7.11 Å². The molecule has 0 radical (unpaired) electrons. The van der Waals surface area contributed by atoms with Gasteiger partial charge in [0, 0.05) is 118 Å². The van der Waals surface area contributed by atoms with Crippen LogP contribution >= 0.6 is 0 Å². The number of benzene rings is 1. The van der Waals surface area contributed by atoms with Gasteiger partial charge in [0.05, 0.1) is 89.6 Å². The number of fused-ring (bicyclic) bond motifs is 4. The van der Waals surface area contributed by atoms with Crippen LogP contribution < -0.4 is 5.32 Å². The lowest BCUT2D eigenvalue weighted by molar-refractivity contribution is -0.329. The average Bonchev–Trinajstić information content (AvgIpc) is 1.58. The van der Waals surface area contributed by atoms with E-state index in [1.54, 1.807) is 68.7 Å². The number of methoxy groups -OCH3 is 2. The Morgan fingerprint density at radius 1 is 0.653 bits per heavy atom. The van der Waals surface area contributed by atoms with Crippen LogP contribution in [0.25, 0.3) is 17.0 Å². The summed E-state index contributed by atoms with van der Waals surface area (Å²) >= 11 is 0. The fourth-order valence-electron chi connectivity index (χ4n) is 19.9. The fraction of sp³-hybridized carbons (Fsp3) is 0.846. The topological polar surface area (TPSA) is 327 Å². The standard InChI is InChI=1S/C53H84N2O13.C38H71N3O9/c1-17-40-53(13,60)47(63-24-20-21-36-26-37-22-18-19-23-38(37)54-29-36)32(4)42(56)30(2)27-52(12,62-16)46(68-49-43(57)39(25-31(3)64-49)55(14)50(8,9)10)33(5)44(34(6)48(59)66-40)67-41-28-51(11,61-15)45(58)35(7)65-41;1-14-28-37(11,45)31(43)26(6)40(12)21-22(2)20-36(10)32(48-34-29(42)27(19-23(3)46-34)41(13)35(7,8)9)24(4)30(25(5)33(44)47-28)49-38(50-36)15-17-39-18-16-38/h18-23,26,29-35,39-41,43-47,49,57-58,60H,17,24-25,27-28H2,1-16H3;22-32,34,39,42-43,45H,14-21H2,1-13H3/b21-20+;/t30-,31-,32+,33+,34-,35+,39+,40-,41+,43-,44+,45+,46-,47-,49+,51-,52-,53-;22-,23-,24+,25-,26-,27+,28-,29-,30+,31-,32-,34+,36+,37-/m11/s1. The molecule has 8 heterocycles. The molecule has 0 unspecified atom stereocenters. The first-order valence-electron chi connectivity index (χ1n) is 43.8. The largest absolute Gasteiger partial charge is 0.459 e. The van der Waals surface area contributed by atoms with Crippen LogP contribution in [-0.2, 0) is 76.0 Å². The highest BCUT2D eigenvalue weighted by atomic mass is 16.8. The zero-order valence-electron chi connectivity index (χ0n) is 76.9. The van der Waals surface area contributed by atoms with Crippen molar-refractivity contribution in [1.82, 2.24) is 25.0 Å². The molecule has 676 valence electrons. The first kappa shape index (κ1) is 99.6. The summed E-state index contributed by atoms with van der Waals surface area (Å²) in [7, 11) is 9.02. The lowest BCUT2D eigenvalue weighted by atomic mass is 9.73. The number of aliphatic hydroxyl groups is 6. The number of hydrogen-bond donors (Lipinski definition) is 7. The van der Waals surface area contributed by atoms with Gasteiger partial charge in [-0.1, -0.05) is 78.8 Å². The molecule has 0 amide bonds. The molecule has 2 aromatic rings. The maximum atomic E-state index is 14.9. The summed E-state index contributed by atoms with van der Waals surface area (Å²) in [6, 6.07) is 8.87. The quantitative estimate of drug-likeness (QED) is 0.0768. The van der Waals surface area contributed by atoms with Gasteiger partial charge in [0.25, 0.3) is 0 Å². The van der Waals surface area contributed by atoms with Crippen LogP contribution in [0.5, 0.6) is 0 Å². The summed E-state index contributed by atoms with van der Waals surface area (Å²) in [5.74, 6) is -6.82. The van der Waals surface area contributed by atoms with Crippen LogP contribution in [0.1, 0.15) is 230 Å². The zero-order chi connectivity index (χ0) is 88.2. The molecule has 1 aromatic carbocycles. The van der Waals surface area contributed by atoms with Crippen LogP contribution in [-0.4, -0.2) is 297 Å². The van der Waals surface area contributed by atoms with Crippen molar-refractivity contribution >= 4 is 34.7 Å². The van der Waals surface area contributed by atoms with Crippen molar-refractivity contribution in [2.24, 2.45) is 41.4 Å². The SMILES string of the molecule is CC[C@H]1OC(=O)[C@H](C)[C@@H](O[C@H]2C[C@@](C)(OC)[C@@H](O)[C@H](C)O2)[C@H](C)[C@@H](O[C@@H]2O[C@H](C)C[C@H](N(C)C(C)(C)C)[C@H]2O)[C@](C)(OC)C[C@@H](C)C(=O)[C@H](C)[C@@H](OC/C=C/c2cnc3ccccc3c2)[C@]1(C)O.CC[C@H]1OC(=O)[C@H](C)[C@H]2OC3(CCNCC3)O[C@@](C)(C[C@@H](C)CN(C)[C@H](C)[C@@H](O)[C@]1(C)O)[C@H](O[C@@H]1O[C@H](C)C[C@H](N(C)C(C)(C)C)[C@H]1O)[C@H]2C. The Morgan fingerprint density at radius 2 is 1.19 bits per heavy atom. The molecule has 27 nitrogen and oxygen atoms in total. The monoisotopic (exact) mass is 1670 g/mol. The maximum Gasteiger partial charge on any atom is 0.311 e. The molecule has 0 saturated carbocycles. The van der Waals surface area contributed by atoms with Gasteiger partial charge in [-0.3, -0.25) is 29.2 Å². The van der Waals surface area contributed by atoms with E-state index in [0.29, 0.717) is 58.2 Å². The number of aromatic nitrogens is 1. The third kappa shape index (κ3) is 22.7. The van der Waals surface area contributed by atoms with Crippen molar-refractivity contribution in [3.05, 3.63) is 48.2 Å². The predicted molar refractivity (Wildman–Crippen MR) is 451 cm³/mol. The van der Waals surface area contributed by atoms with Crippen molar-refractivity contribution in [2.45, 2.75) is 391 Å². The molecule has 27 heteroatoms. The molecule has 0 aliphatic carbocycles. The van der Waals surface area contributed by atoms with E-state index in [9.17, 15) is 45.0 Å². The number of para-hydroxylation sites is 1. The number of likely N-dealkylation sites (N-methyl/N-ethyl adjacent to an activating group) is 3. The van der Waals surface area contributed by atoms with Crippen molar-refractivity contribution in [3.8, 4) is 0 Å². The normalized spacial score (nSPS) is 42.9. The molecule has 7 fully saturated rings. The molecule has 7 aliphatic heterocycles. The highest BCUT2D eigenvalue weighted by Gasteiger charge is 2.60. The number of pyridine rings is 1. The van der Waals surface area contributed by atoms with Gasteiger partial charge in [-0.2, -0.15) is 0 Å². The van der Waals surface area contributed by atoms with Crippen LogP contribution in [0.3, 0.4) is 0 Å². The Hall–Kier alpha value is -3.86. The number of carbonyl (C=O) groups is 3. The Labute approximate surface area is 705 Å². The van der Waals surface area contributed by atoms with E-state index in [4.69, 9.17) is 61.6 Å². The van der Waals surface area contributed by atoms with Gasteiger partial charge in [-0.15, -0.1) is 0 Å². The molecule has 118 heavy (non-hydrogen) atoms. The van der Waals surface area contributed by atoms with Crippen LogP contribution in [0.15, 0.2) is 42.6 Å². The van der Waals surface area contributed by atoms with Crippen LogP contribution in [0, 0.1) is 41.4 Å². The number of ketones is 1. The number of hydrogen-bond acceptors (Lipinski definition) is 27. The Kier molecular flexibility index (Phi) is 33.9. The minimum atomic E-state index is -1.85. The third-order valence-corrected chi connectivity index (χ3v) is 27.8. The first-order valence-corrected chi connectivity index (χ1v) is 43.8. The molecule has 7 aliphatic rings. The number of Topliss-reactive ketones (excluding diaryl/α,β-unsaturated/α-hetero) is 1. The lowest BCUT2D eigenvalue weighted by Gasteiger charge is -2.51. The number of esters is 2. The number of rotatable bonds is 16. The second-order valence-electron chi connectivity index (χ2n) is 39.4. The highest BCUT2D eigenvalue weighted by Crippen LogP contribution is 2.49. The first-order chi connectivity index (χ1) is 54.8. The minimum Gasteiger partial charge on any atom is -0.459 e. The fourth-order valence-corrected chi connectivity index (χ4v) is 19.9. The number of cyclic esters (lactones) is 2. The van der Waals surface area contributed by atoms with Gasteiger partial charge in [-0.25, -0.2) is 0 Å². The number of piperidine rings is 1. The summed E-state index contributed by atoms with van der Waals surface area (Å²) in [6.45, 7) is 47.8. The molecule has 7 saturated heterocycles. The Morgan fingerprint density at radius 3 is 1.73 bits per heavy atom. The van der Waals surface area contributed by atoms with Gasteiger partial charge < -0.3 is 102 Å². The van der Waals surface area contributed by atoms with E-state index >= 15 is 0 Å². The molecule has 7 N–H and O–H groups in total. The number of carbonyl (C=O) groups excluding carboxylic acids is 3. The van der Waals surface area contributed by atoms with Crippen molar-refractivity contribution < 1.29 is 107 Å². The molecular formula is C91H155N5O22. The highest BCUT2D eigenvalue weighted by molar-refractivity contribution is 5.84. The predicted octanol–water partition coefficient (Wildman–Crippen LogP) is 10.2. The third-order valence-electron chi connectivity index (χ3n) is 27.8. The number of nitrogens with zero attached hydrogens (tertiary/aromatic N) is 4. The molecular weight excluding hydrogens is 1520 g/mol. The van der Waals surface area contributed by atoms with Crippen molar-refractivity contribution in [2.75, 3.05) is 61.6 Å². The summed E-state index contributed by atoms with van der Waals surface area (Å²) in [6.07, 6.45) is -5.75. The summed E-state index contributed by atoms with van der Waals surface area (Å²) < 4.78 is 85.7. The smallest absolute Gasteiger partial charge is 0.311 e. The van der Waals surface area contributed by atoms with E-state index < -0.39 is 179 Å². The summed E-state index contributed by atoms with van der Waals surface area (Å²) in [5, 5.41) is 75.4. The van der Waals surface area contributed by atoms with Gasteiger partial charge >= 0.3 is 11.9 Å². The van der Waals surface area contributed by atoms with E-state index in [0.717, 1.165) is 16.5 Å². The molecule has 9 rings (SSSR count). The average molecular weight is 1670 g/mol. The number of aliphatic hydroxyl groups excluding tert-OH is 4. The Balaban J connectivity index is 0.000000308. The lowest BCUT2D eigenvalue weighted by Crippen LogP contribution is -2.63. The van der Waals surface area contributed by atoms with Gasteiger partial charge in [-0.05, 0) is 201 Å². The molecule has 2 bridgehead atoms. The van der Waals surface area contributed by atoms with Gasteiger partial charge in [0.15, 0.2) is 24.7 Å². The molecule has 1 spiro atoms.